The summed E-state index contributed by atoms with van der Waals surface area (Å²) in [6, 6.07) is 12.4. The second-order valence-electron chi connectivity index (χ2n) is 6.23. The van der Waals surface area contributed by atoms with Crippen molar-refractivity contribution < 1.29 is 30.6 Å². The van der Waals surface area contributed by atoms with E-state index in [9.17, 15) is 30.6 Å². The van der Waals surface area contributed by atoms with Gasteiger partial charge < -0.3 is 30.6 Å². The van der Waals surface area contributed by atoms with Gasteiger partial charge in [0.05, 0.1) is 25.2 Å². The van der Waals surface area contributed by atoms with Gasteiger partial charge in [-0.25, -0.2) is 0 Å². The summed E-state index contributed by atoms with van der Waals surface area (Å²) in [5.74, 6) is 0.102. The van der Waals surface area contributed by atoms with E-state index in [0.717, 1.165) is 0 Å². The van der Waals surface area contributed by atoms with Crippen LogP contribution in [0.3, 0.4) is 0 Å². The molecule has 2 aromatic rings. The summed E-state index contributed by atoms with van der Waals surface area (Å²) in [6.07, 6.45) is 0.115. The van der Waals surface area contributed by atoms with E-state index >= 15 is 0 Å². The summed E-state index contributed by atoms with van der Waals surface area (Å²) < 4.78 is 0. The van der Waals surface area contributed by atoms with Crippen molar-refractivity contribution in [3.05, 3.63) is 59.7 Å². The minimum absolute atomic E-state index is 0.0509. The molecule has 0 spiro atoms. The number of aromatic hydroxyl groups is 2. The molecule has 2 aromatic carbocycles. The van der Waals surface area contributed by atoms with Crippen molar-refractivity contribution in [2.45, 2.75) is 11.8 Å². The Kier molecular flexibility index (Phi) is 6.02. The lowest BCUT2D eigenvalue weighted by atomic mass is 9.56. The molecule has 25 heavy (non-hydrogen) atoms. The fraction of sp³-hybridized carbons (Fsp3) is 0.368. The molecule has 0 fully saturated rings. The van der Waals surface area contributed by atoms with Crippen LogP contribution in [0.15, 0.2) is 48.5 Å². The van der Waals surface area contributed by atoms with Gasteiger partial charge in [0, 0.05) is 12.0 Å². The monoisotopic (exact) mass is 348 g/mol. The molecule has 0 amide bonds. The standard InChI is InChI=1S/C19H24O6/c20-10-9-19(18(11-21,12-22)13-23,14-1-5-16(24)6-2-14)15-3-7-17(25)8-4-15/h1-8,20-25H,9-13H2. The van der Waals surface area contributed by atoms with Crippen LogP contribution in [0, 0.1) is 5.41 Å². The van der Waals surface area contributed by atoms with Gasteiger partial charge in [-0.3, -0.25) is 0 Å². The minimum atomic E-state index is -1.37. The first-order valence-corrected chi connectivity index (χ1v) is 8.02. The smallest absolute Gasteiger partial charge is 0.115 e. The molecule has 0 heterocycles. The predicted octanol–water partition coefficient (Wildman–Crippen LogP) is 0.730. The Bertz CT molecular complexity index is 608. The van der Waals surface area contributed by atoms with Crippen molar-refractivity contribution in [1.82, 2.24) is 0 Å². The Morgan fingerprint density at radius 3 is 1.24 bits per heavy atom. The van der Waals surface area contributed by atoms with E-state index in [-0.39, 0.29) is 24.5 Å². The molecule has 0 saturated heterocycles. The third-order valence-electron chi connectivity index (χ3n) is 5.02. The van der Waals surface area contributed by atoms with Crippen LogP contribution in [0.2, 0.25) is 0 Å². The summed E-state index contributed by atoms with van der Waals surface area (Å²) in [4.78, 5) is 0. The van der Waals surface area contributed by atoms with Crippen LogP contribution in [-0.2, 0) is 5.41 Å². The first-order chi connectivity index (χ1) is 12.0. The van der Waals surface area contributed by atoms with Crippen LogP contribution in [0.1, 0.15) is 17.5 Å². The number of phenolic OH excluding ortho intramolecular Hbond substituents is 2. The Hall–Kier alpha value is -2.12. The van der Waals surface area contributed by atoms with E-state index in [4.69, 9.17) is 0 Å². The molecule has 0 unspecified atom stereocenters. The van der Waals surface area contributed by atoms with Gasteiger partial charge in [-0.1, -0.05) is 24.3 Å². The van der Waals surface area contributed by atoms with Gasteiger partial charge in [-0.05, 0) is 41.8 Å². The molecule has 6 N–H and O–H groups in total. The van der Waals surface area contributed by atoms with E-state index < -0.39 is 30.7 Å². The predicted molar refractivity (Wildman–Crippen MR) is 92.4 cm³/mol. The van der Waals surface area contributed by atoms with Crippen LogP contribution in [-0.4, -0.2) is 57.1 Å². The highest BCUT2D eigenvalue weighted by Gasteiger charge is 2.52. The molecule has 0 aliphatic heterocycles. The van der Waals surface area contributed by atoms with Gasteiger partial charge in [0.25, 0.3) is 0 Å². The van der Waals surface area contributed by atoms with Gasteiger partial charge in [0.15, 0.2) is 0 Å². The second kappa shape index (κ2) is 7.84. The highest BCUT2D eigenvalue weighted by molar-refractivity contribution is 5.46. The number of aliphatic hydroxyl groups excluding tert-OH is 4. The average molecular weight is 348 g/mol. The SMILES string of the molecule is OCCC(c1ccc(O)cc1)(c1ccc(O)cc1)C(CO)(CO)CO. The largest absolute Gasteiger partial charge is 0.508 e. The third-order valence-corrected chi connectivity index (χ3v) is 5.02. The van der Waals surface area contributed by atoms with Gasteiger partial charge in [-0.2, -0.15) is 0 Å². The summed E-state index contributed by atoms with van der Waals surface area (Å²) in [7, 11) is 0. The number of benzene rings is 2. The van der Waals surface area contributed by atoms with Crippen molar-refractivity contribution in [2.24, 2.45) is 5.41 Å². The topological polar surface area (TPSA) is 121 Å². The van der Waals surface area contributed by atoms with E-state index in [1.54, 1.807) is 24.3 Å². The van der Waals surface area contributed by atoms with E-state index in [1.807, 2.05) is 0 Å². The van der Waals surface area contributed by atoms with Crippen LogP contribution in [0.5, 0.6) is 11.5 Å². The van der Waals surface area contributed by atoms with Crippen molar-refractivity contribution in [1.29, 1.82) is 0 Å². The maximum atomic E-state index is 10.1. The lowest BCUT2D eigenvalue weighted by Gasteiger charge is -2.49. The first-order valence-electron chi connectivity index (χ1n) is 8.02. The maximum absolute atomic E-state index is 10.1. The molecule has 0 aliphatic carbocycles. The zero-order valence-corrected chi connectivity index (χ0v) is 13.8. The number of rotatable bonds is 8. The van der Waals surface area contributed by atoms with Crippen molar-refractivity contribution in [2.75, 3.05) is 26.4 Å². The number of hydrogen-bond donors (Lipinski definition) is 6. The lowest BCUT2D eigenvalue weighted by Crippen LogP contribution is -2.54. The molecule has 6 heteroatoms. The Balaban J connectivity index is 2.83. The van der Waals surface area contributed by atoms with Gasteiger partial charge >= 0.3 is 0 Å². The molecular formula is C19H24O6. The normalized spacial score (nSPS) is 12.3. The summed E-state index contributed by atoms with van der Waals surface area (Å²) in [5, 5.41) is 59.2. The van der Waals surface area contributed by atoms with E-state index in [0.29, 0.717) is 11.1 Å². The van der Waals surface area contributed by atoms with Gasteiger partial charge in [0.1, 0.15) is 11.5 Å². The highest BCUT2D eigenvalue weighted by Crippen LogP contribution is 2.50. The maximum Gasteiger partial charge on any atom is 0.115 e. The van der Waals surface area contributed by atoms with Crippen molar-refractivity contribution >= 4 is 0 Å². The van der Waals surface area contributed by atoms with Gasteiger partial charge in [-0.15, -0.1) is 0 Å². The Morgan fingerprint density at radius 1 is 0.600 bits per heavy atom. The average Bonchev–Trinajstić information content (AvgIpc) is 2.64. The Morgan fingerprint density at radius 2 is 0.960 bits per heavy atom. The van der Waals surface area contributed by atoms with Crippen LogP contribution >= 0.6 is 0 Å². The van der Waals surface area contributed by atoms with Crippen LogP contribution in [0.4, 0.5) is 0 Å². The van der Waals surface area contributed by atoms with Gasteiger partial charge in [0.2, 0.25) is 0 Å². The van der Waals surface area contributed by atoms with E-state index in [1.165, 1.54) is 24.3 Å². The number of phenols is 2. The first kappa shape index (κ1) is 19.2. The fourth-order valence-corrected chi connectivity index (χ4v) is 3.55. The fourth-order valence-electron chi connectivity index (χ4n) is 3.55. The zero-order valence-electron chi connectivity index (χ0n) is 13.8. The zero-order chi connectivity index (χ0) is 18.5. The Labute approximate surface area is 146 Å². The molecular weight excluding hydrogens is 324 g/mol. The molecule has 0 atom stereocenters. The highest BCUT2D eigenvalue weighted by atomic mass is 16.3. The third kappa shape index (κ3) is 3.21. The molecule has 0 aromatic heterocycles. The van der Waals surface area contributed by atoms with Crippen molar-refractivity contribution in [3.8, 4) is 11.5 Å². The van der Waals surface area contributed by atoms with Crippen LogP contribution < -0.4 is 0 Å². The summed E-state index contributed by atoms with van der Waals surface area (Å²) >= 11 is 0. The number of hydrogen-bond acceptors (Lipinski definition) is 6. The molecule has 136 valence electrons. The van der Waals surface area contributed by atoms with E-state index in [2.05, 4.69) is 0 Å². The molecule has 2 rings (SSSR count). The molecule has 0 radical (unpaired) electrons. The summed E-state index contributed by atoms with van der Waals surface area (Å²) in [5.41, 5.74) is -1.28. The molecule has 0 saturated carbocycles. The summed E-state index contributed by atoms with van der Waals surface area (Å²) in [6.45, 7) is -1.84. The molecule has 0 aliphatic rings. The number of aliphatic hydroxyl groups is 4. The quantitative estimate of drug-likeness (QED) is 0.418. The van der Waals surface area contributed by atoms with Crippen LogP contribution in [0.25, 0.3) is 0 Å². The lowest BCUT2D eigenvalue weighted by molar-refractivity contribution is -0.0494. The second-order valence-corrected chi connectivity index (χ2v) is 6.23. The molecule has 6 nitrogen and oxygen atoms in total. The minimum Gasteiger partial charge on any atom is -0.508 e. The molecule has 0 bridgehead atoms. The van der Waals surface area contributed by atoms with Crippen molar-refractivity contribution in [3.63, 3.8) is 0 Å².